The molecule has 0 unspecified atom stereocenters. The number of piperidine rings is 1. The molecule has 1 N–H and O–H groups in total. The van der Waals surface area contributed by atoms with Crippen LogP contribution in [0.3, 0.4) is 0 Å². The maximum Gasteiger partial charge on any atom is 0.133 e. The first kappa shape index (κ1) is 14.9. The lowest BCUT2D eigenvalue weighted by molar-refractivity contribution is 0.577. The fourth-order valence-electron chi connectivity index (χ4n) is 3.51. The molecule has 4 rings (SSSR count). The first-order valence-corrected chi connectivity index (χ1v) is 8.50. The number of rotatable bonds is 3. The Morgan fingerprint density at radius 3 is 2.50 bits per heavy atom. The topological polar surface area (TPSA) is 57.7 Å². The second kappa shape index (κ2) is 6.43. The van der Waals surface area contributed by atoms with Crippen molar-refractivity contribution in [3.05, 3.63) is 48.3 Å². The molecular formula is C19H21N5. The summed E-state index contributed by atoms with van der Waals surface area (Å²) >= 11 is 0. The molecule has 0 saturated carbocycles. The van der Waals surface area contributed by atoms with Crippen molar-refractivity contribution in [2.45, 2.75) is 26.2 Å². The van der Waals surface area contributed by atoms with Gasteiger partial charge in [0, 0.05) is 24.8 Å². The number of nitrogens with one attached hydrogen (secondary N) is 1. The van der Waals surface area contributed by atoms with Gasteiger partial charge in [0.2, 0.25) is 0 Å². The number of aromatic nitrogens is 4. The van der Waals surface area contributed by atoms with Crippen LogP contribution in [0.2, 0.25) is 0 Å². The van der Waals surface area contributed by atoms with E-state index < -0.39 is 0 Å². The molecule has 5 heteroatoms. The van der Waals surface area contributed by atoms with Crippen molar-refractivity contribution in [2.24, 2.45) is 0 Å². The highest BCUT2D eigenvalue weighted by Crippen LogP contribution is 2.37. The number of hydrogen-bond donors (Lipinski definition) is 1. The third-order valence-electron chi connectivity index (χ3n) is 4.72. The molecule has 24 heavy (non-hydrogen) atoms. The lowest BCUT2D eigenvalue weighted by atomic mass is 9.98. The summed E-state index contributed by atoms with van der Waals surface area (Å²) in [7, 11) is 0. The number of H-pyrrole nitrogens is 1. The zero-order valence-electron chi connectivity index (χ0n) is 13.9. The van der Waals surface area contributed by atoms with Gasteiger partial charge in [-0.2, -0.15) is 15.4 Å². The predicted molar refractivity (Wildman–Crippen MR) is 95.9 cm³/mol. The zero-order chi connectivity index (χ0) is 16.4. The van der Waals surface area contributed by atoms with E-state index in [0.29, 0.717) is 0 Å². The van der Waals surface area contributed by atoms with Crippen molar-refractivity contribution in [3.8, 4) is 22.5 Å². The molecule has 2 aromatic heterocycles. The highest BCUT2D eigenvalue weighted by Gasteiger charge is 2.22. The summed E-state index contributed by atoms with van der Waals surface area (Å²) in [5.74, 6) is 0. The third kappa shape index (κ3) is 2.66. The monoisotopic (exact) mass is 319 g/mol. The van der Waals surface area contributed by atoms with Gasteiger partial charge in [-0.05, 0) is 37.3 Å². The molecule has 1 saturated heterocycles. The largest absolute Gasteiger partial charge is 0.369 e. The summed E-state index contributed by atoms with van der Waals surface area (Å²) in [5, 5.41) is 10.9. The van der Waals surface area contributed by atoms with Gasteiger partial charge in [-0.3, -0.25) is 4.98 Å². The van der Waals surface area contributed by atoms with Crippen molar-refractivity contribution in [1.82, 2.24) is 20.4 Å². The lowest BCUT2D eigenvalue weighted by Crippen LogP contribution is -2.30. The maximum atomic E-state index is 4.77. The van der Waals surface area contributed by atoms with Crippen molar-refractivity contribution in [3.63, 3.8) is 0 Å². The molecule has 122 valence electrons. The predicted octanol–water partition coefficient (Wildman–Crippen LogP) is 3.83. The molecule has 1 aliphatic rings. The average molecular weight is 319 g/mol. The number of nitrogens with zero attached hydrogens (tertiary/aromatic N) is 4. The van der Waals surface area contributed by atoms with Crippen molar-refractivity contribution in [1.29, 1.82) is 0 Å². The van der Waals surface area contributed by atoms with E-state index in [0.717, 1.165) is 24.5 Å². The molecular weight excluding hydrogens is 298 g/mol. The van der Waals surface area contributed by atoms with Gasteiger partial charge in [0.1, 0.15) is 11.4 Å². The van der Waals surface area contributed by atoms with Crippen LogP contribution in [0, 0.1) is 6.92 Å². The molecule has 3 heterocycles. The van der Waals surface area contributed by atoms with Crippen LogP contribution in [-0.2, 0) is 0 Å². The van der Waals surface area contributed by atoms with E-state index in [1.54, 1.807) is 6.20 Å². The fourth-order valence-corrected chi connectivity index (χ4v) is 3.51. The van der Waals surface area contributed by atoms with E-state index in [4.69, 9.17) is 4.98 Å². The average Bonchev–Trinajstić information content (AvgIpc) is 3.17. The van der Waals surface area contributed by atoms with E-state index in [2.05, 4.69) is 51.5 Å². The van der Waals surface area contributed by atoms with Gasteiger partial charge in [0.15, 0.2) is 0 Å². The Hall–Kier alpha value is -2.69. The number of pyridine rings is 1. The highest BCUT2D eigenvalue weighted by atomic mass is 15.3. The van der Waals surface area contributed by atoms with Crippen molar-refractivity contribution in [2.75, 3.05) is 18.0 Å². The van der Waals surface area contributed by atoms with Gasteiger partial charge < -0.3 is 4.90 Å². The van der Waals surface area contributed by atoms with Crippen LogP contribution < -0.4 is 4.90 Å². The second-order valence-electron chi connectivity index (χ2n) is 6.26. The molecule has 0 spiro atoms. The highest BCUT2D eigenvalue weighted by molar-refractivity contribution is 5.82. The molecule has 0 radical (unpaired) electrons. The van der Waals surface area contributed by atoms with Crippen LogP contribution >= 0.6 is 0 Å². The summed E-state index contributed by atoms with van der Waals surface area (Å²) in [6.07, 6.45) is 7.47. The normalized spacial score (nSPS) is 14.8. The fraction of sp³-hybridized carbons (Fsp3) is 0.316. The number of hydrogen-bond acceptors (Lipinski definition) is 4. The van der Waals surface area contributed by atoms with Crippen LogP contribution in [0.25, 0.3) is 22.5 Å². The Kier molecular flexibility index (Phi) is 3.99. The zero-order valence-corrected chi connectivity index (χ0v) is 13.9. The SMILES string of the molecule is Cc1c(-c2ccccc2)cnc(-c2cn[nH]n2)c1N1CCCCC1. The number of aromatic amines is 1. The van der Waals surface area contributed by atoms with Crippen LogP contribution in [0.5, 0.6) is 0 Å². The van der Waals surface area contributed by atoms with Crippen LogP contribution in [-0.4, -0.2) is 33.5 Å². The molecule has 3 aromatic rings. The van der Waals surface area contributed by atoms with Gasteiger partial charge in [0.25, 0.3) is 0 Å². The minimum atomic E-state index is 0.804. The summed E-state index contributed by atoms with van der Waals surface area (Å²) in [5.41, 5.74) is 6.57. The third-order valence-corrected chi connectivity index (χ3v) is 4.72. The van der Waals surface area contributed by atoms with Gasteiger partial charge >= 0.3 is 0 Å². The second-order valence-corrected chi connectivity index (χ2v) is 6.26. The van der Waals surface area contributed by atoms with E-state index in [9.17, 15) is 0 Å². The van der Waals surface area contributed by atoms with E-state index >= 15 is 0 Å². The smallest absolute Gasteiger partial charge is 0.133 e. The molecule has 0 bridgehead atoms. The molecule has 0 amide bonds. The Morgan fingerprint density at radius 2 is 1.79 bits per heavy atom. The van der Waals surface area contributed by atoms with Crippen LogP contribution in [0.4, 0.5) is 5.69 Å². The molecule has 1 fully saturated rings. The first-order chi connectivity index (χ1) is 11.8. The van der Waals surface area contributed by atoms with Crippen LogP contribution in [0.1, 0.15) is 24.8 Å². The number of benzene rings is 1. The van der Waals surface area contributed by atoms with E-state index in [1.807, 2.05) is 12.3 Å². The Balaban J connectivity index is 1.88. The van der Waals surface area contributed by atoms with Gasteiger partial charge in [-0.15, -0.1) is 0 Å². The Labute approximate surface area is 141 Å². The van der Waals surface area contributed by atoms with Crippen molar-refractivity contribution < 1.29 is 0 Å². The minimum Gasteiger partial charge on any atom is -0.369 e. The lowest BCUT2D eigenvalue weighted by Gasteiger charge is -2.32. The minimum absolute atomic E-state index is 0.804. The summed E-state index contributed by atoms with van der Waals surface area (Å²) in [6.45, 7) is 4.34. The van der Waals surface area contributed by atoms with Gasteiger partial charge in [-0.25, -0.2) is 0 Å². The van der Waals surface area contributed by atoms with Gasteiger partial charge in [0.05, 0.1) is 11.9 Å². The standard InChI is InChI=1S/C19H21N5/c1-14-16(15-8-4-2-5-9-15)12-20-18(17-13-21-23-22-17)19(14)24-10-6-3-7-11-24/h2,4-5,8-9,12-13H,3,6-7,10-11H2,1H3,(H,21,22,23). The van der Waals surface area contributed by atoms with Gasteiger partial charge in [-0.1, -0.05) is 30.3 Å². The van der Waals surface area contributed by atoms with E-state index in [1.165, 1.54) is 41.6 Å². The molecule has 0 aliphatic carbocycles. The number of anilines is 1. The van der Waals surface area contributed by atoms with Crippen molar-refractivity contribution >= 4 is 5.69 Å². The Bertz CT molecular complexity index is 805. The maximum absolute atomic E-state index is 4.77. The summed E-state index contributed by atoms with van der Waals surface area (Å²) in [4.78, 5) is 7.23. The Morgan fingerprint density at radius 1 is 1.00 bits per heavy atom. The summed E-state index contributed by atoms with van der Waals surface area (Å²) < 4.78 is 0. The molecule has 5 nitrogen and oxygen atoms in total. The quantitative estimate of drug-likeness (QED) is 0.797. The summed E-state index contributed by atoms with van der Waals surface area (Å²) in [6, 6.07) is 10.5. The van der Waals surface area contributed by atoms with Crippen LogP contribution in [0.15, 0.2) is 42.7 Å². The first-order valence-electron chi connectivity index (χ1n) is 8.50. The van der Waals surface area contributed by atoms with E-state index in [-0.39, 0.29) is 0 Å². The molecule has 1 aliphatic heterocycles. The molecule has 0 atom stereocenters. The molecule has 1 aromatic carbocycles.